The van der Waals surface area contributed by atoms with Gasteiger partial charge in [0.1, 0.15) is 10.4 Å². The summed E-state index contributed by atoms with van der Waals surface area (Å²) >= 11 is -1.16. The largest absolute Gasteiger partial charge is 0.593 e. The molecule has 104 valence electrons. The van der Waals surface area contributed by atoms with Gasteiger partial charge in [-0.25, -0.2) is 4.79 Å². The molecular weight excluding hydrogens is 264 g/mol. The molecule has 1 atom stereocenters. The molecule has 1 aromatic rings. The summed E-state index contributed by atoms with van der Waals surface area (Å²) in [4.78, 5) is 15.8. The summed E-state index contributed by atoms with van der Waals surface area (Å²) < 4.78 is 18.6. The van der Waals surface area contributed by atoms with E-state index in [1.165, 1.54) is 13.3 Å². The van der Waals surface area contributed by atoms with Crippen LogP contribution in [0.3, 0.4) is 0 Å². The normalized spacial score (nSPS) is 16.2. The van der Waals surface area contributed by atoms with Gasteiger partial charge in [-0.1, -0.05) is 0 Å². The second-order valence-corrected chi connectivity index (χ2v) is 7.56. The van der Waals surface area contributed by atoms with Crippen LogP contribution in [0.4, 0.5) is 5.69 Å². The molecule has 19 heavy (non-hydrogen) atoms. The first-order valence-electron chi connectivity index (χ1n) is 6.11. The standard InChI is InChI=1S/C13H18N2O3S/c1-13(2,3)19(17)15-6-5-10-11(15)7-9(8-14-10)12(16)18-4/h7-8H,5-6H2,1-4H3. The number of aromatic nitrogens is 1. The Labute approximate surface area is 116 Å². The van der Waals surface area contributed by atoms with Gasteiger partial charge in [-0.05, 0) is 26.8 Å². The van der Waals surface area contributed by atoms with Crippen molar-refractivity contribution in [2.45, 2.75) is 31.9 Å². The second kappa shape index (κ2) is 5.02. The first-order chi connectivity index (χ1) is 8.84. The van der Waals surface area contributed by atoms with E-state index in [1.807, 2.05) is 25.1 Å². The number of hydrogen-bond donors (Lipinski definition) is 0. The van der Waals surface area contributed by atoms with E-state index in [0.717, 1.165) is 17.8 Å². The number of carbonyl (C=O) groups is 1. The first-order valence-corrected chi connectivity index (χ1v) is 7.22. The lowest BCUT2D eigenvalue weighted by Gasteiger charge is -2.31. The van der Waals surface area contributed by atoms with Crippen LogP contribution in [0.15, 0.2) is 12.3 Å². The van der Waals surface area contributed by atoms with E-state index in [9.17, 15) is 9.35 Å². The van der Waals surface area contributed by atoms with Gasteiger partial charge in [0.2, 0.25) is 0 Å². The predicted molar refractivity (Wildman–Crippen MR) is 74.5 cm³/mol. The van der Waals surface area contributed by atoms with Crippen LogP contribution in [-0.4, -0.2) is 33.9 Å². The molecule has 0 amide bonds. The van der Waals surface area contributed by atoms with Crippen LogP contribution in [0, 0.1) is 0 Å². The van der Waals surface area contributed by atoms with Crippen LogP contribution in [0.2, 0.25) is 0 Å². The molecule has 0 aliphatic carbocycles. The van der Waals surface area contributed by atoms with E-state index in [4.69, 9.17) is 0 Å². The van der Waals surface area contributed by atoms with Crippen LogP contribution in [-0.2, 0) is 22.5 Å². The smallest absolute Gasteiger partial charge is 0.339 e. The fraction of sp³-hybridized carbons (Fsp3) is 0.538. The Morgan fingerprint density at radius 3 is 2.79 bits per heavy atom. The van der Waals surface area contributed by atoms with Gasteiger partial charge in [-0.3, -0.25) is 4.98 Å². The summed E-state index contributed by atoms with van der Waals surface area (Å²) in [5, 5.41) is 0. The Kier molecular flexibility index (Phi) is 3.73. The molecule has 6 heteroatoms. The number of pyridine rings is 1. The van der Waals surface area contributed by atoms with Crippen molar-refractivity contribution in [1.29, 1.82) is 0 Å². The molecule has 1 aliphatic heterocycles. The van der Waals surface area contributed by atoms with Gasteiger partial charge in [0.25, 0.3) is 0 Å². The molecule has 1 aliphatic rings. The Hall–Kier alpha value is -1.27. The molecule has 0 saturated heterocycles. The second-order valence-electron chi connectivity index (χ2n) is 5.40. The van der Waals surface area contributed by atoms with Gasteiger partial charge in [0.05, 0.1) is 36.3 Å². The van der Waals surface area contributed by atoms with Crippen LogP contribution in [0.25, 0.3) is 0 Å². The highest BCUT2D eigenvalue weighted by Crippen LogP contribution is 2.33. The first kappa shape index (κ1) is 14.1. The lowest BCUT2D eigenvalue weighted by molar-refractivity contribution is 0.0600. The minimum Gasteiger partial charge on any atom is -0.593 e. The number of ether oxygens (including phenoxy) is 1. The van der Waals surface area contributed by atoms with Crippen molar-refractivity contribution in [2.75, 3.05) is 18.0 Å². The highest BCUT2D eigenvalue weighted by atomic mass is 32.2. The summed E-state index contributed by atoms with van der Waals surface area (Å²) in [7, 11) is 1.33. The molecule has 2 rings (SSSR count). The third kappa shape index (κ3) is 2.69. The molecule has 0 radical (unpaired) electrons. The third-order valence-electron chi connectivity index (χ3n) is 2.91. The van der Waals surface area contributed by atoms with E-state index in [2.05, 4.69) is 9.72 Å². The van der Waals surface area contributed by atoms with Gasteiger partial charge in [-0.2, -0.15) is 4.31 Å². The number of esters is 1. The van der Waals surface area contributed by atoms with Crippen molar-refractivity contribution in [3.63, 3.8) is 0 Å². The Balaban J connectivity index is 2.35. The average molecular weight is 282 g/mol. The number of hydrogen-bond acceptors (Lipinski definition) is 5. The van der Waals surface area contributed by atoms with Gasteiger partial charge < -0.3 is 9.29 Å². The predicted octanol–water partition coefficient (Wildman–Crippen LogP) is 1.69. The maximum atomic E-state index is 12.5. The molecule has 0 saturated carbocycles. The van der Waals surface area contributed by atoms with Crippen LogP contribution >= 0.6 is 0 Å². The number of carbonyl (C=O) groups excluding carboxylic acids is 1. The summed E-state index contributed by atoms with van der Waals surface area (Å²) in [5.41, 5.74) is 2.04. The molecule has 0 N–H and O–H groups in total. The van der Waals surface area contributed by atoms with E-state index in [-0.39, 0.29) is 4.75 Å². The fourth-order valence-electron chi connectivity index (χ4n) is 1.95. The Morgan fingerprint density at radius 1 is 1.53 bits per heavy atom. The zero-order valence-corrected chi connectivity index (χ0v) is 12.4. The van der Waals surface area contributed by atoms with E-state index >= 15 is 0 Å². The van der Waals surface area contributed by atoms with E-state index in [0.29, 0.717) is 12.1 Å². The zero-order chi connectivity index (χ0) is 14.2. The van der Waals surface area contributed by atoms with Crippen molar-refractivity contribution in [3.05, 3.63) is 23.5 Å². The van der Waals surface area contributed by atoms with E-state index in [1.54, 1.807) is 6.07 Å². The molecule has 0 fully saturated rings. The average Bonchev–Trinajstić information content (AvgIpc) is 2.78. The van der Waals surface area contributed by atoms with Crippen molar-refractivity contribution in [2.24, 2.45) is 0 Å². The SMILES string of the molecule is COC(=O)c1cnc2c(c1)N([S+]([O-])C(C)(C)C)CC2. The molecule has 1 unspecified atom stereocenters. The van der Waals surface area contributed by atoms with Crippen LogP contribution in [0.1, 0.15) is 36.8 Å². The molecular formula is C13H18N2O3S. The van der Waals surface area contributed by atoms with E-state index < -0.39 is 17.3 Å². The fourth-order valence-corrected chi connectivity index (χ4v) is 3.21. The minimum atomic E-state index is -1.16. The number of nitrogens with zero attached hydrogens (tertiary/aromatic N) is 2. The molecule has 0 spiro atoms. The van der Waals surface area contributed by atoms with Crippen LogP contribution < -0.4 is 4.31 Å². The molecule has 2 heterocycles. The van der Waals surface area contributed by atoms with Crippen molar-refractivity contribution < 1.29 is 14.1 Å². The quantitative estimate of drug-likeness (QED) is 0.610. The highest BCUT2D eigenvalue weighted by Gasteiger charge is 2.38. The van der Waals surface area contributed by atoms with Gasteiger partial charge >= 0.3 is 5.97 Å². The highest BCUT2D eigenvalue weighted by molar-refractivity contribution is 7.94. The summed E-state index contributed by atoms with van der Waals surface area (Å²) in [6, 6.07) is 1.71. The molecule has 0 bridgehead atoms. The maximum absolute atomic E-state index is 12.5. The zero-order valence-electron chi connectivity index (χ0n) is 11.6. The summed E-state index contributed by atoms with van der Waals surface area (Å²) in [5.74, 6) is -0.427. The number of fused-ring (bicyclic) bond motifs is 1. The topological polar surface area (TPSA) is 65.5 Å². The lowest BCUT2D eigenvalue weighted by atomic mass is 10.2. The van der Waals surface area contributed by atoms with Gasteiger partial charge in [0.15, 0.2) is 0 Å². The Morgan fingerprint density at radius 2 is 2.21 bits per heavy atom. The van der Waals surface area contributed by atoms with Crippen molar-refractivity contribution in [3.8, 4) is 0 Å². The van der Waals surface area contributed by atoms with Crippen LogP contribution in [0.5, 0.6) is 0 Å². The minimum absolute atomic E-state index is 0.344. The number of rotatable bonds is 2. The molecule has 0 aromatic carbocycles. The van der Waals surface area contributed by atoms with Gasteiger partial charge in [0, 0.05) is 12.6 Å². The molecule has 5 nitrogen and oxygen atoms in total. The maximum Gasteiger partial charge on any atom is 0.339 e. The molecule has 1 aromatic heterocycles. The lowest BCUT2D eigenvalue weighted by Crippen LogP contribution is -2.42. The summed E-state index contributed by atoms with van der Waals surface area (Å²) in [6.45, 7) is 6.45. The van der Waals surface area contributed by atoms with Crippen molar-refractivity contribution >= 4 is 23.0 Å². The third-order valence-corrected chi connectivity index (χ3v) is 4.74. The Bertz CT molecular complexity index is 499. The monoisotopic (exact) mass is 282 g/mol. The number of anilines is 1. The summed E-state index contributed by atoms with van der Waals surface area (Å²) in [6.07, 6.45) is 2.26. The van der Waals surface area contributed by atoms with Crippen molar-refractivity contribution in [1.82, 2.24) is 4.98 Å². The number of methoxy groups -OCH3 is 1. The van der Waals surface area contributed by atoms with Gasteiger partial charge in [-0.15, -0.1) is 0 Å².